The lowest BCUT2D eigenvalue weighted by Crippen LogP contribution is -2.42. The Morgan fingerprint density at radius 3 is 2.67 bits per heavy atom. The number of nitrogens with one attached hydrogen (secondary N) is 1. The summed E-state index contributed by atoms with van der Waals surface area (Å²) in [5.74, 6) is 2.47. The van der Waals surface area contributed by atoms with Crippen molar-refractivity contribution in [3.8, 4) is 11.5 Å². The first-order chi connectivity index (χ1) is 16.0. The van der Waals surface area contributed by atoms with Crippen molar-refractivity contribution in [2.75, 3.05) is 32.2 Å². The van der Waals surface area contributed by atoms with Crippen LogP contribution in [0.2, 0.25) is 0 Å². The first kappa shape index (κ1) is 22.7. The third kappa shape index (κ3) is 4.67. The minimum absolute atomic E-state index is 0.0301. The average molecular weight is 449 g/mol. The Labute approximate surface area is 195 Å². The zero-order chi connectivity index (χ0) is 23.4. The Morgan fingerprint density at radius 1 is 1.21 bits per heavy atom. The van der Waals surface area contributed by atoms with Crippen molar-refractivity contribution in [3.63, 3.8) is 0 Å². The van der Waals surface area contributed by atoms with E-state index >= 15 is 0 Å². The Hall–Kier alpha value is -3.48. The maximum Gasteiger partial charge on any atom is 0.223 e. The predicted molar refractivity (Wildman–Crippen MR) is 131 cm³/mol. The fraction of sp³-hybridized carbons (Fsp3) is 0.385. The molecule has 4 rings (SSSR count). The molecule has 0 aliphatic carbocycles. The van der Waals surface area contributed by atoms with Crippen LogP contribution in [0.25, 0.3) is 11.0 Å². The van der Waals surface area contributed by atoms with Crippen LogP contribution >= 0.6 is 0 Å². The van der Waals surface area contributed by atoms with E-state index in [1.165, 1.54) is 0 Å². The number of nitrogens with zero attached hydrogens (tertiary/aromatic N) is 3. The summed E-state index contributed by atoms with van der Waals surface area (Å²) in [5.41, 5.74) is 2.99. The molecule has 0 saturated carbocycles. The summed E-state index contributed by atoms with van der Waals surface area (Å²) < 4.78 is 13.0. The lowest BCUT2D eigenvalue weighted by atomic mass is 9.95. The third-order valence-electron chi connectivity index (χ3n) is 6.36. The molecule has 3 aromatic rings. The van der Waals surface area contributed by atoms with Gasteiger partial charge in [-0.25, -0.2) is 4.98 Å². The number of aromatic nitrogens is 2. The number of fused-ring (bicyclic) bond motifs is 1. The van der Waals surface area contributed by atoms with Gasteiger partial charge in [0.25, 0.3) is 0 Å². The summed E-state index contributed by atoms with van der Waals surface area (Å²) in [6.45, 7) is 8.16. The summed E-state index contributed by atoms with van der Waals surface area (Å²) in [5, 5.41) is 3.17. The van der Waals surface area contributed by atoms with Gasteiger partial charge in [0, 0.05) is 31.1 Å². The zero-order valence-electron chi connectivity index (χ0n) is 19.6. The molecule has 0 bridgehead atoms. The number of ether oxygens (including phenoxy) is 2. The number of anilines is 1. The van der Waals surface area contributed by atoms with Gasteiger partial charge < -0.3 is 24.3 Å². The number of para-hydroxylation sites is 2. The Balaban J connectivity index is 1.42. The second kappa shape index (κ2) is 9.98. The van der Waals surface area contributed by atoms with Crippen molar-refractivity contribution in [2.45, 2.75) is 32.4 Å². The number of carbonyl (C=O) groups is 1. The number of benzene rings is 2. The number of hydrogen-bond donors (Lipinski definition) is 1. The van der Waals surface area contributed by atoms with E-state index in [1.54, 1.807) is 14.2 Å². The SMILES string of the molecule is C=CCn1c(N2CCC(C(=O)N[C@@H](C)c3cc(OC)ccc3OC)CC2)nc2ccccc21. The molecule has 2 aromatic carbocycles. The van der Waals surface area contributed by atoms with Gasteiger partial charge in [0.2, 0.25) is 11.9 Å². The van der Waals surface area contributed by atoms with Crippen LogP contribution in [0.5, 0.6) is 11.5 Å². The van der Waals surface area contributed by atoms with Gasteiger partial charge in [-0.3, -0.25) is 4.79 Å². The number of carbonyl (C=O) groups excluding carboxylic acids is 1. The molecule has 1 aliphatic rings. The maximum atomic E-state index is 13.1. The minimum Gasteiger partial charge on any atom is -0.497 e. The van der Waals surface area contributed by atoms with E-state index in [-0.39, 0.29) is 17.9 Å². The molecule has 2 heterocycles. The monoisotopic (exact) mass is 448 g/mol. The van der Waals surface area contributed by atoms with Crippen molar-refractivity contribution in [1.82, 2.24) is 14.9 Å². The van der Waals surface area contributed by atoms with Crippen LogP contribution in [0.15, 0.2) is 55.1 Å². The van der Waals surface area contributed by atoms with E-state index in [2.05, 4.69) is 27.4 Å². The smallest absolute Gasteiger partial charge is 0.223 e. The van der Waals surface area contributed by atoms with E-state index in [9.17, 15) is 4.79 Å². The van der Waals surface area contributed by atoms with Crippen molar-refractivity contribution in [2.24, 2.45) is 5.92 Å². The van der Waals surface area contributed by atoms with Crippen LogP contribution in [0.3, 0.4) is 0 Å². The van der Waals surface area contributed by atoms with Crippen LogP contribution in [0.4, 0.5) is 5.95 Å². The van der Waals surface area contributed by atoms with Gasteiger partial charge in [-0.2, -0.15) is 0 Å². The van der Waals surface area contributed by atoms with Crippen molar-refractivity contribution < 1.29 is 14.3 Å². The lowest BCUT2D eigenvalue weighted by Gasteiger charge is -2.33. The number of allylic oxidation sites excluding steroid dienone is 1. The number of piperidine rings is 1. The average Bonchev–Trinajstić information content (AvgIpc) is 3.22. The number of hydrogen-bond acceptors (Lipinski definition) is 5. The van der Waals surface area contributed by atoms with Crippen molar-refractivity contribution >= 4 is 22.9 Å². The van der Waals surface area contributed by atoms with E-state index in [4.69, 9.17) is 14.5 Å². The summed E-state index contributed by atoms with van der Waals surface area (Å²) in [7, 11) is 3.27. The molecule has 1 aliphatic heterocycles. The molecule has 1 saturated heterocycles. The summed E-state index contributed by atoms with van der Waals surface area (Å²) in [4.78, 5) is 20.2. The van der Waals surface area contributed by atoms with Gasteiger partial charge in [0.05, 0.1) is 31.3 Å². The highest BCUT2D eigenvalue weighted by Gasteiger charge is 2.28. The van der Waals surface area contributed by atoms with Crippen LogP contribution in [-0.4, -0.2) is 42.8 Å². The fourth-order valence-corrected chi connectivity index (χ4v) is 4.54. The van der Waals surface area contributed by atoms with E-state index in [0.29, 0.717) is 6.54 Å². The fourth-order valence-electron chi connectivity index (χ4n) is 4.54. The topological polar surface area (TPSA) is 68.6 Å². The molecule has 0 spiro atoms. The summed E-state index contributed by atoms with van der Waals surface area (Å²) in [6, 6.07) is 13.6. The third-order valence-corrected chi connectivity index (χ3v) is 6.36. The number of imidazole rings is 1. The minimum atomic E-state index is -0.183. The van der Waals surface area contributed by atoms with Gasteiger partial charge in [-0.1, -0.05) is 18.2 Å². The normalized spacial score (nSPS) is 15.3. The molecule has 1 fully saturated rings. The Morgan fingerprint density at radius 2 is 1.97 bits per heavy atom. The zero-order valence-corrected chi connectivity index (χ0v) is 19.6. The predicted octanol–water partition coefficient (Wildman–Crippen LogP) is 4.33. The van der Waals surface area contributed by atoms with Gasteiger partial charge in [-0.15, -0.1) is 6.58 Å². The van der Waals surface area contributed by atoms with E-state index in [1.807, 2.05) is 49.4 Å². The molecule has 1 N–H and O–H groups in total. The molecule has 0 unspecified atom stereocenters. The maximum absolute atomic E-state index is 13.1. The second-order valence-corrected chi connectivity index (χ2v) is 8.40. The highest BCUT2D eigenvalue weighted by Crippen LogP contribution is 2.31. The molecule has 33 heavy (non-hydrogen) atoms. The number of methoxy groups -OCH3 is 2. The highest BCUT2D eigenvalue weighted by molar-refractivity contribution is 5.80. The van der Waals surface area contributed by atoms with E-state index in [0.717, 1.165) is 60.0 Å². The molecule has 0 radical (unpaired) electrons. The van der Waals surface area contributed by atoms with Crippen molar-refractivity contribution in [1.29, 1.82) is 0 Å². The molecule has 174 valence electrons. The van der Waals surface area contributed by atoms with Crippen LogP contribution in [0, 0.1) is 5.92 Å². The molecule has 1 amide bonds. The molecule has 7 heteroatoms. The van der Waals surface area contributed by atoms with E-state index < -0.39 is 0 Å². The van der Waals surface area contributed by atoms with Gasteiger partial charge >= 0.3 is 0 Å². The van der Waals surface area contributed by atoms with Crippen molar-refractivity contribution in [3.05, 3.63) is 60.7 Å². The highest BCUT2D eigenvalue weighted by atomic mass is 16.5. The quantitative estimate of drug-likeness (QED) is 0.520. The number of rotatable bonds is 8. The van der Waals surface area contributed by atoms with Crippen LogP contribution in [0.1, 0.15) is 31.4 Å². The lowest BCUT2D eigenvalue weighted by molar-refractivity contribution is -0.126. The molecular weight excluding hydrogens is 416 g/mol. The Kier molecular flexibility index (Phi) is 6.87. The molecular formula is C26H32N4O3. The van der Waals surface area contributed by atoms with Gasteiger partial charge in [0.1, 0.15) is 11.5 Å². The van der Waals surface area contributed by atoms with Crippen LogP contribution in [-0.2, 0) is 11.3 Å². The molecule has 1 atom stereocenters. The summed E-state index contributed by atoms with van der Waals surface area (Å²) in [6.07, 6.45) is 3.46. The van der Waals surface area contributed by atoms with Gasteiger partial charge in [0.15, 0.2) is 0 Å². The number of amides is 1. The van der Waals surface area contributed by atoms with Crippen LogP contribution < -0.4 is 19.7 Å². The first-order valence-corrected chi connectivity index (χ1v) is 11.4. The standard InChI is InChI=1S/C26H32N4O3/c1-5-14-30-23-9-7-6-8-22(23)28-26(30)29-15-12-19(13-16-29)25(31)27-18(2)21-17-20(32-3)10-11-24(21)33-4/h5-11,17-19H,1,12-16H2,2-4H3,(H,27,31)/t18-/m0/s1. The first-order valence-electron chi connectivity index (χ1n) is 11.4. The summed E-state index contributed by atoms with van der Waals surface area (Å²) >= 11 is 0. The molecule has 7 nitrogen and oxygen atoms in total. The Bertz CT molecular complexity index is 1130. The van der Waals surface area contributed by atoms with Gasteiger partial charge in [-0.05, 0) is 50.1 Å². The largest absolute Gasteiger partial charge is 0.497 e. The molecule has 1 aromatic heterocycles. The second-order valence-electron chi connectivity index (χ2n) is 8.40.